The Hall–Kier alpha value is -2.75. The Morgan fingerprint density at radius 1 is 1.14 bits per heavy atom. The van der Waals surface area contributed by atoms with Gasteiger partial charge >= 0.3 is 0 Å². The number of hydrogen-bond acceptors (Lipinski definition) is 2. The van der Waals surface area contributed by atoms with Crippen molar-refractivity contribution in [2.24, 2.45) is 4.99 Å². The number of rotatable bonds is 4. The Bertz CT molecular complexity index is 801. The number of fused-ring (bicyclic) bond motifs is 1. The Morgan fingerprint density at radius 3 is 2.67 bits per heavy atom. The third-order valence-electron chi connectivity index (χ3n) is 3.15. The van der Waals surface area contributed by atoms with Gasteiger partial charge in [-0.25, -0.2) is 14.4 Å². The van der Waals surface area contributed by atoms with Crippen LogP contribution < -0.4 is 0 Å². The standard InChI is InChI=1S/C17H14FN3/c1-2-11-21-16-6-4-3-5-15(16)20-17(21)19-12-13-7-9-14(18)10-8-13/h2-10,12H,1,11H2. The molecule has 0 amide bonds. The van der Waals surface area contributed by atoms with Crippen molar-refractivity contribution < 1.29 is 4.39 Å². The van der Waals surface area contributed by atoms with Gasteiger partial charge in [-0.05, 0) is 29.8 Å². The maximum Gasteiger partial charge on any atom is 0.230 e. The molecule has 1 heterocycles. The summed E-state index contributed by atoms with van der Waals surface area (Å²) in [7, 11) is 0. The highest BCUT2D eigenvalue weighted by molar-refractivity contribution is 5.83. The molecule has 2 aromatic carbocycles. The Labute approximate surface area is 122 Å². The third-order valence-corrected chi connectivity index (χ3v) is 3.15. The summed E-state index contributed by atoms with van der Waals surface area (Å²) in [6, 6.07) is 14.0. The molecule has 4 heteroatoms. The molecule has 0 saturated heterocycles. The number of aliphatic imine (C=N–C) groups is 1. The van der Waals surface area contributed by atoms with E-state index in [1.807, 2.05) is 34.9 Å². The molecular weight excluding hydrogens is 265 g/mol. The van der Waals surface area contributed by atoms with Crippen molar-refractivity contribution in [1.82, 2.24) is 9.55 Å². The number of para-hydroxylation sites is 2. The van der Waals surface area contributed by atoms with E-state index in [2.05, 4.69) is 16.6 Å². The topological polar surface area (TPSA) is 30.2 Å². The molecule has 21 heavy (non-hydrogen) atoms. The number of nitrogens with zero attached hydrogens (tertiary/aromatic N) is 3. The van der Waals surface area contributed by atoms with Crippen LogP contribution in [-0.2, 0) is 6.54 Å². The molecule has 3 rings (SSSR count). The predicted octanol–water partition coefficient (Wildman–Crippen LogP) is 4.11. The van der Waals surface area contributed by atoms with E-state index in [9.17, 15) is 4.39 Å². The second kappa shape index (κ2) is 5.71. The first-order valence-electron chi connectivity index (χ1n) is 6.64. The van der Waals surface area contributed by atoms with Crippen LogP contribution in [0.5, 0.6) is 0 Å². The summed E-state index contributed by atoms with van der Waals surface area (Å²) < 4.78 is 14.9. The first-order chi connectivity index (χ1) is 10.3. The first-order valence-corrected chi connectivity index (χ1v) is 6.64. The van der Waals surface area contributed by atoms with Crippen molar-refractivity contribution in [3.8, 4) is 0 Å². The number of benzene rings is 2. The number of hydrogen-bond donors (Lipinski definition) is 0. The van der Waals surface area contributed by atoms with Crippen LogP contribution in [0.25, 0.3) is 11.0 Å². The van der Waals surface area contributed by atoms with E-state index in [4.69, 9.17) is 0 Å². The van der Waals surface area contributed by atoms with Gasteiger partial charge in [-0.1, -0.05) is 30.3 Å². The maximum absolute atomic E-state index is 12.9. The molecule has 0 aliphatic carbocycles. The minimum absolute atomic E-state index is 0.258. The summed E-state index contributed by atoms with van der Waals surface area (Å²) in [5.74, 6) is 0.353. The fourth-order valence-corrected chi connectivity index (χ4v) is 2.15. The number of imidazole rings is 1. The van der Waals surface area contributed by atoms with Gasteiger partial charge in [0.1, 0.15) is 5.82 Å². The molecule has 1 aromatic heterocycles. The molecule has 3 aromatic rings. The van der Waals surface area contributed by atoms with Crippen LogP contribution in [0.2, 0.25) is 0 Å². The van der Waals surface area contributed by atoms with E-state index in [0.717, 1.165) is 16.6 Å². The van der Waals surface area contributed by atoms with Gasteiger partial charge in [0.05, 0.1) is 11.0 Å². The van der Waals surface area contributed by atoms with Crippen LogP contribution in [0.4, 0.5) is 10.3 Å². The summed E-state index contributed by atoms with van der Waals surface area (Å²) >= 11 is 0. The molecule has 0 fully saturated rings. The van der Waals surface area contributed by atoms with E-state index in [1.54, 1.807) is 18.3 Å². The monoisotopic (exact) mass is 279 g/mol. The van der Waals surface area contributed by atoms with Crippen LogP contribution >= 0.6 is 0 Å². The zero-order valence-corrected chi connectivity index (χ0v) is 11.4. The fraction of sp³-hybridized carbons (Fsp3) is 0.0588. The average Bonchev–Trinajstić information content (AvgIpc) is 2.85. The lowest BCUT2D eigenvalue weighted by molar-refractivity contribution is 0.628. The molecule has 0 saturated carbocycles. The van der Waals surface area contributed by atoms with Crippen LogP contribution in [0.15, 0.2) is 66.2 Å². The van der Waals surface area contributed by atoms with Crippen LogP contribution in [0.3, 0.4) is 0 Å². The van der Waals surface area contributed by atoms with E-state index < -0.39 is 0 Å². The van der Waals surface area contributed by atoms with E-state index in [-0.39, 0.29) is 5.82 Å². The van der Waals surface area contributed by atoms with Gasteiger partial charge in [-0.3, -0.25) is 0 Å². The molecule has 3 nitrogen and oxygen atoms in total. The molecule has 0 radical (unpaired) electrons. The van der Waals surface area contributed by atoms with Crippen LogP contribution in [0.1, 0.15) is 5.56 Å². The Morgan fingerprint density at radius 2 is 1.90 bits per heavy atom. The quantitative estimate of drug-likeness (QED) is 0.522. The first kappa shape index (κ1) is 13.2. The predicted molar refractivity (Wildman–Crippen MR) is 83.6 cm³/mol. The van der Waals surface area contributed by atoms with Crippen molar-refractivity contribution in [2.75, 3.05) is 0 Å². The van der Waals surface area contributed by atoms with Crippen molar-refractivity contribution in [1.29, 1.82) is 0 Å². The fourth-order valence-electron chi connectivity index (χ4n) is 2.15. The molecule has 0 atom stereocenters. The zero-order chi connectivity index (χ0) is 14.7. The molecule has 0 aliphatic heterocycles. The number of aromatic nitrogens is 2. The second-order valence-corrected chi connectivity index (χ2v) is 4.61. The van der Waals surface area contributed by atoms with E-state index >= 15 is 0 Å². The lowest BCUT2D eigenvalue weighted by Gasteiger charge is -2.01. The summed E-state index contributed by atoms with van der Waals surface area (Å²) in [5.41, 5.74) is 2.74. The van der Waals surface area contributed by atoms with E-state index in [1.165, 1.54) is 12.1 Å². The lowest BCUT2D eigenvalue weighted by atomic mass is 10.2. The lowest BCUT2D eigenvalue weighted by Crippen LogP contribution is -1.94. The summed E-state index contributed by atoms with van der Waals surface area (Å²) in [6.07, 6.45) is 3.49. The molecule has 104 valence electrons. The van der Waals surface area contributed by atoms with Gasteiger partial charge < -0.3 is 4.57 Å². The van der Waals surface area contributed by atoms with E-state index in [0.29, 0.717) is 12.5 Å². The van der Waals surface area contributed by atoms with Crippen LogP contribution in [-0.4, -0.2) is 15.8 Å². The molecule has 0 aliphatic rings. The Kier molecular flexibility index (Phi) is 3.60. The highest BCUT2D eigenvalue weighted by Crippen LogP contribution is 2.21. The van der Waals surface area contributed by atoms with Gasteiger partial charge in [0.15, 0.2) is 0 Å². The minimum atomic E-state index is -0.258. The minimum Gasteiger partial charge on any atom is -0.305 e. The maximum atomic E-state index is 12.9. The largest absolute Gasteiger partial charge is 0.305 e. The van der Waals surface area contributed by atoms with Crippen LogP contribution in [0, 0.1) is 5.82 Å². The van der Waals surface area contributed by atoms with Gasteiger partial charge in [-0.2, -0.15) is 0 Å². The molecule has 0 N–H and O–H groups in total. The molecule has 0 spiro atoms. The number of allylic oxidation sites excluding steroid dienone is 1. The van der Waals surface area contributed by atoms with Gasteiger partial charge in [0.2, 0.25) is 5.95 Å². The third kappa shape index (κ3) is 2.74. The van der Waals surface area contributed by atoms with Gasteiger partial charge in [0, 0.05) is 12.8 Å². The highest BCUT2D eigenvalue weighted by atomic mass is 19.1. The normalized spacial score (nSPS) is 11.3. The van der Waals surface area contributed by atoms with Crippen molar-refractivity contribution in [3.63, 3.8) is 0 Å². The van der Waals surface area contributed by atoms with Gasteiger partial charge in [0.25, 0.3) is 0 Å². The summed E-state index contributed by atoms with van der Waals surface area (Å²) in [5, 5.41) is 0. The smallest absolute Gasteiger partial charge is 0.230 e. The SMILES string of the molecule is C=CCn1c(N=Cc2ccc(F)cc2)nc2ccccc21. The van der Waals surface area contributed by atoms with Crippen molar-refractivity contribution in [2.45, 2.75) is 6.54 Å². The van der Waals surface area contributed by atoms with Gasteiger partial charge in [-0.15, -0.1) is 6.58 Å². The zero-order valence-electron chi connectivity index (χ0n) is 11.4. The van der Waals surface area contributed by atoms with Crippen molar-refractivity contribution >= 4 is 23.2 Å². The van der Waals surface area contributed by atoms with Crippen molar-refractivity contribution in [3.05, 3.63) is 72.6 Å². The Balaban J connectivity index is 2.01. The molecule has 0 bridgehead atoms. The average molecular weight is 279 g/mol. The number of halogens is 1. The summed E-state index contributed by atoms with van der Waals surface area (Å²) in [4.78, 5) is 8.93. The highest BCUT2D eigenvalue weighted by Gasteiger charge is 2.07. The molecular formula is C17H14FN3. The molecule has 0 unspecified atom stereocenters. The second-order valence-electron chi connectivity index (χ2n) is 4.61. The summed E-state index contributed by atoms with van der Waals surface area (Å²) in [6.45, 7) is 4.40.